The average Bonchev–Trinajstić information content (AvgIpc) is 2.71. The number of hydrogen-bond acceptors (Lipinski definition) is 7. The largest absolute Gasteiger partial charge is 0.374 e. The molecule has 9 nitrogen and oxygen atoms in total. The molecule has 0 aliphatic carbocycles. The van der Waals surface area contributed by atoms with Crippen molar-refractivity contribution in [2.75, 3.05) is 12.4 Å². The van der Waals surface area contributed by atoms with Crippen molar-refractivity contribution in [3.8, 4) is 0 Å². The fourth-order valence-corrected chi connectivity index (χ4v) is 4.01. The summed E-state index contributed by atoms with van der Waals surface area (Å²) < 4.78 is 26.1. The number of thiophene rings is 1. The minimum atomic E-state index is -3.93. The van der Waals surface area contributed by atoms with Crippen LogP contribution in [0, 0.1) is 10.1 Å². The molecule has 0 aromatic carbocycles. The zero-order valence-electron chi connectivity index (χ0n) is 10.7. The summed E-state index contributed by atoms with van der Waals surface area (Å²) in [6.45, 7) is 1.48. The summed E-state index contributed by atoms with van der Waals surface area (Å²) in [5.74, 6) is -0.645. The van der Waals surface area contributed by atoms with Gasteiger partial charge in [0.25, 0.3) is 10.0 Å². The molecule has 11 heteroatoms. The van der Waals surface area contributed by atoms with E-state index < -0.39 is 26.9 Å². The Morgan fingerprint density at radius 1 is 1.60 bits per heavy atom. The van der Waals surface area contributed by atoms with Crippen molar-refractivity contribution < 1.29 is 18.1 Å². The van der Waals surface area contributed by atoms with Crippen molar-refractivity contribution in [1.82, 2.24) is 4.72 Å². The SMILES string of the molecule is CNc1sc(S(=O)(=O)NC(C)CC(N)=O)cc1[N+](=O)[O-]. The van der Waals surface area contributed by atoms with Crippen LogP contribution in [0.5, 0.6) is 0 Å². The summed E-state index contributed by atoms with van der Waals surface area (Å²) in [5, 5.41) is 13.5. The fourth-order valence-electron chi connectivity index (χ4n) is 1.47. The van der Waals surface area contributed by atoms with Crippen LogP contribution < -0.4 is 15.8 Å². The minimum Gasteiger partial charge on any atom is -0.374 e. The van der Waals surface area contributed by atoms with Crippen molar-refractivity contribution in [2.24, 2.45) is 5.73 Å². The third kappa shape index (κ3) is 3.88. The van der Waals surface area contributed by atoms with Crippen molar-refractivity contribution in [3.05, 3.63) is 16.2 Å². The highest BCUT2D eigenvalue weighted by Crippen LogP contribution is 2.36. The van der Waals surface area contributed by atoms with E-state index in [9.17, 15) is 23.3 Å². The molecule has 1 atom stereocenters. The van der Waals surface area contributed by atoms with Gasteiger partial charge >= 0.3 is 5.69 Å². The Morgan fingerprint density at radius 3 is 2.60 bits per heavy atom. The van der Waals surface area contributed by atoms with Crippen LogP contribution in [0.3, 0.4) is 0 Å². The van der Waals surface area contributed by atoms with Crippen LogP contribution in [0.25, 0.3) is 0 Å². The first-order valence-electron chi connectivity index (χ1n) is 5.44. The number of carbonyl (C=O) groups excluding carboxylic acids is 1. The maximum absolute atomic E-state index is 12.0. The predicted octanol–water partition coefficient (Wildman–Crippen LogP) is 0.240. The molecule has 0 fully saturated rings. The molecule has 1 aromatic heterocycles. The molecular formula is C9H14N4O5S2. The summed E-state index contributed by atoms with van der Waals surface area (Å²) in [5.41, 5.74) is 4.65. The topological polar surface area (TPSA) is 144 Å². The second kappa shape index (κ2) is 6.15. The molecule has 20 heavy (non-hydrogen) atoms. The van der Waals surface area contributed by atoms with Gasteiger partial charge in [0.1, 0.15) is 4.21 Å². The van der Waals surface area contributed by atoms with E-state index in [1.165, 1.54) is 14.0 Å². The van der Waals surface area contributed by atoms with Crippen molar-refractivity contribution in [2.45, 2.75) is 23.6 Å². The van der Waals surface area contributed by atoms with Gasteiger partial charge in [-0.15, -0.1) is 0 Å². The third-order valence-corrected chi connectivity index (χ3v) is 5.45. The third-order valence-electron chi connectivity index (χ3n) is 2.24. The number of nitrogens with two attached hydrogens (primary N) is 1. The number of nitrogens with zero attached hydrogens (tertiary/aromatic N) is 1. The van der Waals surface area contributed by atoms with Gasteiger partial charge in [0.05, 0.1) is 4.92 Å². The minimum absolute atomic E-state index is 0.137. The highest BCUT2D eigenvalue weighted by atomic mass is 32.2. The summed E-state index contributed by atoms with van der Waals surface area (Å²) in [6, 6.07) is 0.271. The molecule has 1 rings (SSSR count). The van der Waals surface area contributed by atoms with E-state index in [2.05, 4.69) is 10.0 Å². The van der Waals surface area contributed by atoms with Crippen LogP contribution in [0.4, 0.5) is 10.7 Å². The van der Waals surface area contributed by atoms with Crippen LogP contribution in [0.15, 0.2) is 10.3 Å². The number of carbonyl (C=O) groups is 1. The van der Waals surface area contributed by atoms with E-state index in [0.29, 0.717) is 0 Å². The highest BCUT2D eigenvalue weighted by molar-refractivity contribution is 7.91. The van der Waals surface area contributed by atoms with Crippen molar-refractivity contribution in [1.29, 1.82) is 0 Å². The number of hydrogen-bond donors (Lipinski definition) is 3. The smallest absolute Gasteiger partial charge is 0.304 e. The monoisotopic (exact) mass is 322 g/mol. The molecule has 0 spiro atoms. The van der Waals surface area contributed by atoms with E-state index in [1.54, 1.807) is 0 Å². The van der Waals surface area contributed by atoms with Gasteiger partial charge in [-0.2, -0.15) is 0 Å². The quantitative estimate of drug-likeness (QED) is 0.484. The Balaban J connectivity index is 3.04. The summed E-state index contributed by atoms with van der Waals surface area (Å²) >= 11 is 0.736. The molecule has 0 aliphatic rings. The number of nitrogens with one attached hydrogen (secondary N) is 2. The Hall–Kier alpha value is -1.72. The summed E-state index contributed by atoms with van der Waals surface area (Å²) in [4.78, 5) is 20.8. The molecule has 1 heterocycles. The number of sulfonamides is 1. The molecule has 4 N–H and O–H groups in total. The molecule has 1 amide bonds. The van der Waals surface area contributed by atoms with Crippen molar-refractivity contribution >= 4 is 38.0 Å². The zero-order valence-corrected chi connectivity index (χ0v) is 12.4. The van der Waals surface area contributed by atoms with Gasteiger partial charge in [-0.05, 0) is 6.92 Å². The number of primary amides is 1. The van der Waals surface area contributed by atoms with Crippen LogP contribution >= 0.6 is 11.3 Å². The average molecular weight is 322 g/mol. The number of anilines is 1. The van der Waals surface area contributed by atoms with E-state index in [4.69, 9.17) is 5.73 Å². The normalized spacial score (nSPS) is 12.9. The van der Waals surface area contributed by atoms with Gasteiger partial charge in [-0.25, -0.2) is 13.1 Å². The number of nitro groups is 1. The zero-order chi connectivity index (χ0) is 15.5. The van der Waals surface area contributed by atoms with Gasteiger partial charge < -0.3 is 11.1 Å². The van der Waals surface area contributed by atoms with Gasteiger partial charge in [0, 0.05) is 25.6 Å². The Morgan fingerprint density at radius 2 is 2.20 bits per heavy atom. The summed E-state index contributed by atoms with van der Waals surface area (Å²) in [6.07, 6.45) is -0.161. The molecule has 112 valence electrons. The van der Waals surface area contributed by atoms with Gasteiger partial charge in [-0.3, -0.25) is 14.9 Å². The molecule has 1 unspecified atom stereocenters. The molecular weight excluding hydrogens is 308 g/mol. The van der Waals surface area contributed by atoms with Crippen LogP contribution in [-0.4, -0.2) is 32.3 Å². The van der Waals surface area contributed by atoms with E-state index in [-0.39, 0.29) is 21.3 Å². The van der Waals surface area contributed by atoms with Gasteiger partial charge in [0.2, 0.25) is 5.91 Å². The number of amides is 1. The van der Waals surface area contributed by atoms with E-state index in [1.807, 2.05) is 0 Å². The second-order valence-corrected chi connectivity index (χ2v) is 6.97. The lowest BCUT2D eigenvalue weighted by Gasteiger charge is -2.10. The van der Waals surface area contributed by atoms with E-state index in [0.717, 1.165) is 17.4 Å². The number of rotatable bonds is 7. The Bertz CT molecular complexity index is 624. The van der Waals surface area contributed by atoms with E-state index >= 15 is 0 Å². The predicted molar refractivity (Wildman–Crippen MR) is 74.1 cm³/mol. The summed E-state index contributed by atoms with van der Waals surface area (Å²) in [7, 11) is -2.48. The van der Waals surface area contributed by atoms with Crippen LogP contribution in [0.2, 0.25) is 0 Å². The standard InChI is InChI=1S/C9H14N4O5S2/c1-5(3-7(10)14)12-20(17,18)8-4-6(13(15)16)9(11-2)19-8/h4-5,11-12H,3H2,1-2H3,(H2,10,14). The van der Waals surface area contributed by atoms with Crippen LogP contribution in [0.1, 0.15) is 13.3 Å². The fraction of sp³-hybridized carbons (Fsp3) is 0.444. The second-order valence-electron chi connectivity index (χ2n) is 3.98. The Kier molecular flexibility index (Phi) is 5.03. The lowest BCUT2D eigenvalue weighted by Crippen LogP contribution is -2.35. The van der Waals surface area contributed by atoms with Crippen molar-refractivity contribution in [3.63, 3.8) is 0 Å². The van der Waals surface area contributed by atoms with Gasteiger partial charge in [-0.1, -0.05) is 11.3 Å². The molecule has 1 aromatic rings. The first kappa shape index (κ1) is 16.3. The van der Waals surface area contributed by atoms with Crippen LogP contribution in [-0.2, 0) is 14.8 Å². The maximum atomic E-state index is 12.0. The molecule has 0 saturated heterocycles. The molecule has 0 bridgehead atoms. The molecule has 0 radical (unpaired) electrons. The molecule has 0 aliphatic heterocycles. The lowest BCUT2D eigenvalue weighted by molar-refractivity contribution is -0.383. The Labute approximate surface area is 119 Å². The molecule has 0 saturated carbocycles. The highest BCUT2D eigenvalue weighted by Gasteiger charge is 2.27. The first-order chi connectivity index (χ1) is 9.17. The maximum Gasteiger partial charge on any atom is 0.304 e. The lowest BCUT2D eigenvalue weighted by atomic mass is 10.2. The first-order valence-corrected chi connectivity index (χ1v) is 7.74. The van der Waals surface area contributed by atoms with Gasteiger partial charge in [0.15, 0.2) is 5.00 Å².